The van der Waals surface area contributed by atoms with Gasteiger partial charge in [0.2, 0.25) is 0 Å². The lowest BCUT2D eigenvalue weighted by Gasteiger charge is -2.09. The van der Waals surface area contributed by atoms with E-state index in [1.807, 2.05) is 0 Å². The highest BCUT2D eigenvalue weighted by atomic mass is 35.5. The van der Waals surface area contributed by atoms with Crippen molar-refractivity contribution in [3.05, 3.63) is 58.1 Å². The van der Waals surface area contributed by atoms with Gasteiger partial charge in [0.25, 0.3) is 0 Å². The molecule has 4 nitrogen and oxygen atoms in total. The number of aliphatic imine (C=N–C) groups is 1. The number of nitrogens with zero attached hydrogens (tertiary/aromatic N) is 1. The molecule has 1 N–H and O–H groups in total. The van der Waals surface area contributed by atoms with Gasteiger partial charge in [0.05, 0.1) is 15.7 Å². The van der Waals surface area contributed by atoms with Crippen LogP contribution >= 0.6 is 23.2 Å². The van der Waals surface area contributed by atoms with Crippen molar-refractivity contribution in [2.75, 3.05) is 0 Å². The smallest absolute Gasteiger partial charge is 0.344 e. The molecule has 0 spiro atoms. The maximum Gasteiger partial charge on any atom is 0.344 e. The molecule has 114 valence electrons. The first-order chi connectivity index (χ1) is 10.5. The maximum absolute atomic E-state index is 10.7. The number of benzene rings is 2. The zero-order valence-electron chi connectivity index (χ0n) is 11.7. The van der Waals surface area contributed by atoms with Crippen LogP contribution in [0.15, 0.2) is 47.5 Å². The van der Waals surface area contributed by atoms with Crippen LogP contribution in [0, 0.1) is 0 Å². The number of carbonyl (C=O) groups is 1. The molecule has 0 unspecified atom stereocenters. The number of carboxylic acid groups (broad SMARTS) is 1. The number of aliphatic carboxylic acids is 1. The van der Waals surface area contributed by atoms with E-state index >= 15 is 0 Å². The Morgan fingerprint density at radius 2 is 1.86 bits per heavy atom. The first-order valence-electron chi connectivity index (χ1n) is 6.44. The molecule has 0 amide bonds. The molecule has 1 atom stereocenters. The van der Waals surface area contributed by atoms with Gasteiger partial charge in [-0.15, -0.1) is 0 Å². The van der Waals surface area contributed by atoms with Crippen LogP contribution in [0.4, 0.5) is 5.69 Å². The molecule has 0 saturated heterocycles. The number of hydrogen-bond acceptors (Lipinski definition) is 3. The van der Waals surface area contributed by atoms with Gasteiger partial charge in [0.15, 0.2) is 6.10 Å². The third-order valence-electron chi connectivity index (χ3n) is 2.81. The highest BCUT2D eigenvalue weighted by Gasteiger charge is 2.11. The number of halogens is 2. The molecule has 0 saturated carbocycles. The second-order valence-electron chi connectivity index (χ2n) is 4.52. The van der Waals surface area contributed by atoms with E-state index in [2.05, 4.69) is 4.99 Å². The third kappa shape index (κ3) is 4.48. The predicted molar refractivity (Wildman–Crippen MR) is 87.9 cm³/mol. The quantitative estimate of drug-likeness (QED) is 0.811. The van der Waals surface area contributed by atoms with Gasteiger partial charge < -0.3 is 9.84 Å². The summed E-state index contributed by atoms with van der Waals surface area (Å²) in [4.78, 5) is 15.0. The Balaban J connectivity index is 2.05. The Bertz CT molecular complexity index is 699. The molecule has 2 rings (SSSR count). The fourth-order valence-electron chi connectivity index (χ4n) is 1.60. The summed E-state index contributed by atoms with van der Waals surface area (Å²) in [5.41, 5.74) is 1.54. The molecule has 0 aliphatic carbocycles. The second kappa shape index (κ2) is 7.29. The molecule has 0 radical (unpaired) electrons. The minimum absolute atomic E-state index is 0.447. The Morgan fingerprint density at radius 3 is 2.45 bits per heavy atom. The number of hydrogen-bond donors (Lipinski definition) is 1. The molecule has 6 heteroatoms. The SMILES string of the molecule is C[C@@H](Oc1ccc(C=Nc2ccc(Cl)c(Cl)c2)cc1)C(=O)O. The van der Waals surface area contributed by atoms with Crippen LogP contribution in [0.1, 0.15) is 12.5 Å². The van der Waals surface area contributed by atoms with Crippen molar-refractivity contribution in [2.45, 2.75) is 13.0 Å². The van der Waals surface area contributed by atoms with Crippen LogP contribution in [-0.4, -0.2) is 23.4 Å². The van der Waals surface area contributed by atoms with Crippen molar-refractivity contribution in [1.82, 2.24) is 0 Å². The summed E-state index contributed by atoms with van der Waals surface area (Å²) in [7, 11) is 0. The van der Waals surface area contributed by atoms with Crippen LogP contribution in [0.25, 0.3) is 0 Å². The van der Waals surface area contributed by atoms with Crippen molar-refractivity contribution in [1.29, 1.82) is 0 Å². The topological polar surface area (TPSA) is 58.9 Å². The van der Waals surface area contributed by atoms with Gasteiger partial charge in [-0.2, -0.15) is 0 Å². The van der Waals surface area contributed by atoms with Gasteiger partial charge in [-0.3, -0.25) is 4.99 Å². The summed E-state index contributed by atoms with van der Waals surface area (Å²) < 4.78 is 5.25. The molecular formula is C16H13Cl2NO3. The van der Waals surface area contributed by atoms with Crippen molar-refractivity contribution in [2.24, 2.45) is 4.99 Å². The summed E-state index contributed by atoms with van der Waals surface area (Å²) in [6, 6.07) is 12.1. The average molecular weight is 338 g/mol. The summed E-state index contributed by atoms with van der Waals surface area (Å²) >= 11 is 11.8. The van der Waals surface area contributed by atoms with Gasteiger partial charge in [-0.1, -0.05) is 23.2 Å². The molecular weight excluding hydrogens is 325 g/mol. The lowest BCUT2D eigenvalue weighted by Crippen LogP contribution is -2.22. The molecule has 2 aromatic carbocycles. The minimum atomic E-state index is -1.01. The van der Waals surface area contributed by atoms with E-state index in [-0.39, 0.29) is 0 Å². The van der Waals surface area contributed by atoms with E-state index in [0.717, 1.165) is 5.56 Å². The van der Waals surface area contributed by atoms with Gasteiger partial charge >= 0.3 is 5.97 Å². The molecule has 0 bridgehead atoms. The largest absolute Gasteiger partial charge is 0.479 e. The Morgan fingerprint density at radius 1 is 1.18 bits per heavy atom. The fourth-order valence-corrected chi connectivity index (χ4v) is 1.89. The van der Waals surface area contributed by atoms with Crippen LogP contribution in [-0.2, 0) is 4.79 Å². The first-order valence-corrected chi connectivity index (χ1v) is 7.20. The Labute approximate surface area is 138 Å². The standard InChI is InChI=1S/C16H13Cl2NO3/c1-10(16(20)21)22-13-5-2-11(3-6-13)9-19-12-4-7-14(17)15(18)8-12/h2-10H,1H3,(H,20,21)/t10-/m1/s1. The monoisotopic (exact) mass is 337 g/mol. The zero-order chi connectivity index (χ0) is 16.1. The van der Waals surface area contributed by atoms with Gasteiger partial charge in [0.1, 0.15) is 5.75 Å². The van der Waals surface area contributed by atoms with Gasteiger partial charge in [-0.05, 0) is 55.0 Å². The summed E-state index contributed by atoms with van der Waals surface area (Å²) in [5, 5.41) is 9.71. The van der Waals surface area contributed by atoms with Gasteiger partial charge in [-0.25, -0.2) is 4.79 Å². The van der Waals surface area contributed by atoms with Crippen LogP contribution < -0.4 is 4.74 Å². The van der Waals surface area contributed by atoms with E-state index < -0.39 is 12.1 Å². The summed E-state index contributed by atoms with van der Waals surface area (Å²) in [5.74, 6) is -0.521. The van der Waals surface area contributed by atoms with Gasteiger partial charge in [0, 0.05) is 6.21 Å². The Kier molecular flexibility index (Phi) is 5.41. The van der Waals surface area contributed by atoms with E-state index in [1.165, 1.54) is 6.92 Å². The van der Waals surface area contributed by atoms with Crippen LogP contribution in [0.3, 0.4) is 0 Å². The summed E-state index contributed by atoms with van der Waals surface area (Å²) in [6.07, 6.45) is 0.778. The third-order valence-corrected chi connectivity index (χ3v) is 3.55. The first kappa shape index (κ1) is 16.3. The molecule has 22 heavy (non-hydrogen) atoms. The average Bonchev–Trinajstić information content (AvgIpc) is 2.49. The second-order valence-corrected chi connectivity index (χ2v) is 5.34. The summed E-state index contributed by atoms with van der Waals surface area (Å²) in [6.45, 7) is 1.47. The number of carboxylic acids is 1. The number of rotatable bonds is 5. The lowest BCUT2D eigenvalue weighted by atomic mass is 10.2. The van der Waals surface area contributed by atoms with E-state index in [9.17, 15) is 4.79 Å². The Hall–Kier alpha value is -2.04. The molecule has 2 aromatic rings. The van der Waals surface area contributed by atoms with Crippen molar-refractivity contribution < 1.29 is 14.6 Å². The molecule has 0 aromatic heterocycles. The minimum Gasteiger partial charge on any atom is -0.479 e. The van der Waals surface area contributed by atoms with E-state index in [1.54, 1.807) is 48.7 Å². The lowest BCUT2D eigenvalue weighted by molar-refractivity contribution is -0.144. The van der Waals surface area contributed by atoms with E-state index in [4.69, 9.17) is 33.0 Å². The zero-order valence-corrected chi connectivity index (χ0v) is 13.2. The van der Waals surface area contributed by atoms with Crippen molar-refractivity contribution in [3.63, 3.8) is 0 Å². The predicted octanol–water partition coefficient (Wildman–Crippen LogP) is 4.60. The highest BCUT2D eigenvalue weighted by Crippen LogP contribution is 2.26. The number of ether oxygens (including phenoxy) is 1. The molecule has 0 aliphatic rings. The fraction of sp³-hybridized carbons (Fsp3) is 0.125. The molecule has 0 aliphatic heterocycles. The molecule has 0 fully saturated rings. The highest BCUT2D eigenvalue weighted by molar-refractivity contribution is 6.42. The van der Waals surface area contributed by atoms with Crippen molar-refractivity contribution in [3.8, 4) is 5.75 Å². The van der Waals surface area contributed by atoms with Crippen molar-refractivity contribution >= 4 is 41.1 Å². The van der Waals surface area contributed by atoms with Crippen LogP contribution in [0.2, 0.25) is 10.0 Å². The molecule has 0 heterocycles. The maximum atomic E-state index is 10.7. The van der Waals surface area contributed by atoms with E-state index in [0.29, 0.717) is 21.5 Å². The normalized spacial score (nSPS) is 12.3. The van der Waals surface area contributed by atoms with Crippen LogP contribution in [0.5, 0.6) is 5.75 Å².